The van der Waals surface area contributed by atoms with Gasteiger partial charge in [-0.2, -0.15) is 5.26 Å². The summed E-state index contributed by atoms with van der Waals surface area (Å²) in [4.78, 5) is 34.8. The summed E-state index contributed by atoms with van der Waals surface area (Å²) in [6, 6.07) is 8.90. The third kappa shape index (κ3) is 3.39. The predicted molar refractivity (Wildman–Crippen MR) is 102 cm³/mol. The molecule has 2 aromatic heterocycles. The zero-order valence-electron chi connectivity index (χ0n) is 15.3. The molecule has 0 bridgehead atoms. The molecular formula is C20H20N6O2. The molecule has 142 valence electrons. The largest absolute Gasteiger partial charge is 0.334 e. The quantitative estimate of drug-likeness (QED) is 0.833. The van der Waals surface area contributed by atoms with Crippen molar-refractivity contribution in [3.05, 3.63) is 48.4 Å². The van der Waals surface area contributed by atoms with Crippen molar-refractivity contribution in [2.75, 3.05) is 16.8 Å². The van der Waals surface area contributed by atoms with Crippen LogP contribution in [0.4, 0.5) is 16.3 Å². The van der Waals surface area contributed by atoms with E-state index in [0.717, 1.165) is 18.4 Å². The molecule has 1 saturated carbocycles. The zero-order valence-corrected chi connectivity index (χ0v) is 15.3. The van der Waals surface area contributed by atoms with Crippen LogP contribution in [0.2, 0.25) is 0 Å². The van der Waals surface area contributed by atoms with E-state index >= 15 is 0 Å². The maximum atomic E-state index is 12.9. The summed E-state index contributed by atoms with van der Waals surface area (Å²) in [5.41, 5.74) is 0.684. The van der Waals surface area contributed by atoms with Crippen molar-refractivity contribution >= 4 is 23.4 Å². The van der Waals surface area contributed by atoms with Gasteiger partial charge < -0.3 is 10.2 Å². The number of nitrogens with zero attached hydrogens (tertiary/aromatic N) is 4. The normalized spacial score (nSPS) is 21.2. The second-order valence-electron chi connectivity index (χ2n) is 7.13. The van der Waals surface area contributed by atoms with Crippen molar-refractivity contribution in [1.29, 1.82) is 5.26 Å². The molecule has 0 radical (unpaired) electrons. The fraction of sp³-hybridized carbons (Fsp3) is 0.350. The van der Waals surface area contributed by atoms with Gasteiger partial charge in [0.05, 0.1) is 6.07 Å². The number of hydrogen-bond acceptors (Lipinski definition) is 5. The third-order valence-corrected chi connectivity index (χ3v) is 5.33. The Hall–Kier alpha value is -3.47. The van der Waals surface area contributed by atoms with Crippen LogP contribution >= 0.6 is 0 Å². The van der Waals surface area contributed by atoms with E-state index in [1.165, 1.54) is 0 Å². The van der Waals surface area contributed by atoms with Crippen LogP contribution in [-0.4, -0.2) is 28.5 Å². The van der Waals surface area contributed by atoms with Crippen LogP contribution in [0.3, 0.4) is 0 Å². The van der Waals surface area contributed by atoms with Crippen LogP contribution in [0.25, 0.3) is 0 Å². The maximum Gasteiger partial charge on any atom is 0.320 e. The molecule has 1 atom stereocenters. The average molecular weight is 376 g/mol. The summed E-state index contributed by atoms with van der Waals surface area (Å²) in [7, 11) is 0. The van der Waals surface area contributed by atoms with E-state index in [0.29, 0.717) is 31.0 Å². The minimum atomic E-state index is -0.890. The second kappa shape index (κ2) is 7.27. The molecule has 28 heavy (non-hydrogen) atoms. The summed E-state index contributed by atoms with van der Waals surface area (Å²) in [5.74, 6) is 0.378. The SMILES string of the molecule is N#C[C@@]1(C2CC2)CCN(c2ccnc(NC(=O)NCc3ccncc3)c2)C1=O. The summed E-state index contributed by atoms with van der Waals surface area (Å²) in [5, 5.41) is 15.0. The summed E-state index contributed by atoms with van der Waals surface area (Å²) in [6.45, 7) is 0.866. The van der Waals surface area contributed by atoms with Crippen LogP contribution in [0.15, 0.2) is 42.9 Å². The third-order valence-electron chi connectivity index (χ3n) is 5.33. The topological polar surface area (TPSA) is 111 Å². The number of anilines is 2. The van der Waals surface area contributed by atoms with Gasteiger partial charge in [0, 0.05) is 43.4 Å². The fourth-order valence-electron chi connectivity index (χ4n) is 3.63. The van der Waals surface area contributed by atoms with E-state index in [1.807, 2.05) is 12.1 Å². The number of aromatic nitrogens is 2. The van der Waals surface area contributed by atoms with Gasteiger partial charge in [-0.05, 0) is 48.9 Å². The lowest BCUT2D eigenvalue weighted by molar-refractivity contribution is -0.123. The Labute approximate surface area is 162 Å². The minimum Gasteiger partial charge on any atom is -0.334 e. The minimum absolute atomic E-state index is 0.142. The molecule has 8 heteroatoms. The number of hydrogen-bond donors (Lipinski definition) is 2. The van der Waals surface area contributed by atoms with E-state index in [4.69, 9.17) is 0 Å². The summed E-state index contributed by atoms with van der Waals surface area (Å²) >= 11 is 0. The van der Waals surface area contributed by atoms with Crippen molar-refractivity contribution in [2.45, 2.75) is 25.8 Å². The Morgan fingerprint density at radius 2 is 2.07 bits per heavy atom. The first-order chi connectivity index (χ1) is 13.6. The number of pyridine rings is 2. The smallest absolute Gasteiger partial charge is 0.320 e. The van der Waals surface area contributed by atoms with E-state index in [9.17, 15) is 14.9 Å². The molecule has 8 nitrogen and oxygen atoms in total. The van der Waals surface area contributed by atoms with Crippen molar-refractivity contribution in [3.8, 4) is 6.07 Å². The Balaban J connectivity index is 1.41. The van der Waals surface area contributed by atoms with Crippen LogP contribution < -0.4 is 15.5 Å². The van der Waals surface area contributed by atoms with E-state index in [2.05, 4.69) is 26.7 Å². The average Bonchev–Trinajstić information content (AvgIpc) is 3.51. The first-order valence-electron chi connectivity index (χ1n) is 9.25. The van der Waals surface area contributed by atoms with Gasteiger partial charge in [-0.25, -0.2) is 9.78 Å². The van der Waals surface area contributed by atoms with Gasteiger partial charge in [-0.1, -0.05) is 0 Å². The Kier molecular flexibility index (Phi) is 4.65. The Morgan fingerprint density at radius 3 is 2.79 bits per heavy atom. The van der Waals surface area contributed by atoms with E-state index < -0.39 is 11.4 Å². The molecule has 1 aliphatic heterocycles. The molecule has 2 N–H and O–H groups in total. The van der Waals surface area contributed by atoms with E-state index in [1.54, 1.807) is 35.6 Å². The molecule has 1 aliphatic carbocycles. The highest BCUT2D eigenvalue weighted by atomic mass is 16.2. The van der Waals surface area contributed by atoms with Crippen molar-refractivity contribution in [1.82, 2.24) is 15.3 Å². The highest BCUT2D eigenvalue weighted by molar-refractivity contribution is 6.02. The number of nitriles is 1. The number of carbonyl (C=O) groups excluding carboxylic acids is 2. The first-order valence-corrected chi connectivity index (χ1v) is 9.25. The second-order valence-corrected chi connectivity index (χ2v) is 7.13. The number of urea groups is 1. The van der Waals surface area contributed by atoms with Gasteiger partial charge in [0.1, 0.15) is 11.2 Å². The van der Waals surface area contributed by atoms with Gasteiger partial charge in [-0.3, -0.25) is 15.1 Å². The van der Waals surface area contributed by atoms with E-state index in [-0.39, 0.29) is 11.8 Å². The van der Waals surface area contributed by atoms with Gasteiger partial charge in [-0.15, -0.1) is 0 Å². The fourth-order valence-corrected chi connectivity index (χ4v) is 3.63. The molecular weight excluding hydrogens is 356 g/mol. The molecule has 3 amide bonds. The molecule has 2 aliphatic rings. The van der Waals surface area contributed by atoms with Crippen molar-refractivity contribution < 1.29 is 9.59 Å². The van der Waals surface area contributed by atoms with Crippen molar-refractivity contribution in [3.63, 3.8) is 0 Å². The lowest BCUT2D eigenvalue weighted by Crippen LogP contribution is -2.35. The van der Waals surface area contributed by atoms with Gasteiger partial charge in [0.2, 0.25) is 5.91 Å². The van der Waals surface area contributed by atoms with Crippen LogP contribution in [0.1, 0.15) is 24.8 Å². The summed E-state index contributed by atoms with van der Waals surface area (Å²) in [6.07, 6.45) is 7.29. The zero-order chi connectivity index (χ0) is 19.6. The molecule has 4 rings (SSSR count). The molecule has 0 unspecified atom stereocenters. The van der Waals surface area contributed by atoms with Gasteiger partial charge >= 0.3 is 6.03 Å². The Morgan fingerprint density at radius 1 is 1.29 bits per heavy atom. The van der Waals surface area contributed by atoms with Crippen LogP contribution in [-0.2, 0) is 11.3 Å². The van der Waals surface area contributed by atoms with Gasteiger partial charge in [0.25, 0.3) is 0 Å². The molecule has 0 spiro atoms. The molecule has 1 saturated heterocycles. The number of carbonyl (C=O) groups is 2. The number of rotatable bonds is 5. The monoisotopic (exact) mass is 376 g/mol. The van der Waals surface area contributed by atoms with Crippen LogP contribution in [0, 0.1) is 22.7 Å². The Bertz CT molecular complexity index is 937. The van der Waals surface area contributed by atoms with Crippen molar-refractivity contribution in [2.24, 2.45) is 11.3 Å². The standard InChI is InChI=1S/C20H20N6O2/c21-13-20(15-1-2-15)6-10-26(18(20)27)16-5-9-23-17(11-16)25-19(28)24-12-14-3-7-22-8-4-14/h3-5,7-9,11,15H,1-2,6,10,12H2,(H2,23,24,25,28)/t20-/m1/s1. The highest BCUT2D eigenvalue weighted by Crippen LogP contribution is 2.51. The van der Waals surface area contributed by atoms with Gasteiger partial charge in [0.15, 0.2) is 0 Å². The lowest BCUT2D eigenvalue weighted by atomic mass is 9.83. The first kappa shape index (κ1) is 17.9. The number of nitrogens with one attached hydrogen (secondary N) is 2. The maximum absolute atomic E-state index is 12.9. The lowest BCUT2D eigenvalue weighted by Gasteiger charge is -2.21. The predicted octanol–water partition coefficient (Wildman–Crippen LogP) is 2.45. The molecule has 0 aromatic carbocycles. The summed E-state index contributed by atoms with van der Waals surface area (Å²) < 4.78 is 0. The molecule has 2 aromatic rings. The highest BCUT2D eigenvalue weighted by Gasteiger charge is 2.56. The molecule has 2 fully saturated rings. The van der Waals surface area contributed by atoms with Crippen LogP contribution in [0.5, 0.6) is 0 Å². The number of amides is 3. The molecule has 3 heterocycles.